The molecular weight excluding hydrogens is 234 g/mol. The van der Waals surface area contributed by atoms with Crippen molar-refractivity contribution in [2.45, 2.75) is 59.5 Å². The fourth-order valence-electron chi connectivity index (χ4n) is 2.86. The molecule has 0 amide bonds. The van der Waals surface area contributed by atoms with Gasteiger partial charge in [0.2, 0.25) is 0 Å². The smallest absolute Gasteiger partial charge is 0.150 e. The molecule has 0 N–H and O–H groups in total. The fourth-order valence-corrected chi connectivity index (χ4v) is 2.86. The van der Waals surface area contributed by atoms with Crippen LogP contribution in [0, 0.1) is 0 Å². The zero-order valence-corrected chi connectivity index (χ0v) is 12.9. The van der Waals surface area contributed by atoms with Gasteiger partial charge in [-0.1, -0.05) is 39.0 Å². The third-order valence-corrected chi connectivity index (χ3v) is 3.88. The molecule has 0 aliphatic heterocycles. The van der Waals surface area contributed by atoms with E-state index in [2.05, 4.69) is 51.7 Å². The lowest BCUT2D eigenvalue weighted by Gasteiger charge is -2.34. The van der Waals surface area contributed by atoms with E-state index < -0.39 is 0 Å². The molecule has 0 spiro atoms. The number of benzene rings is 1. The van der Waals surface area contributed by atoms with Gasteiger partial charge in [0.1, 0.15) is 6.29 Å². The number of nitrogens with zero attached hydrogens (tertiary/aromatic N) is 1. The molecular formula is C17H27NO. The molecule has 2 heteroatoms. The molecule has 1 rings (SSSR count). The standard InChI is InChI=1S/C17H27NO/c1-6-14-11-15(9-10-16(14)12-19)17(7-2)18(8-3)13(4)5/h9-13,17H,6-8H2,1-5H3. The first-order chi connectivity index (χ1) is 9.08. The normalized spacial score (nSPS) is 13.0. The van der Waals surface area contributed by atoms with Gasteiger partial charge in [-0.2, -0.15) is 0 Å². The van der Waals surface area contributed by atoms with Crippen LogP contribution in [0.25, 0.3) is 0 Å². The summed E-state index contributed by atoms with van der Waals surface area (Å²) in [6, 6.07) is 7.27. The van der Waals surface area contributed by atoms with Gasteiger partial charge in [0.05, 0.1) is 0 Å². The minimum atomic E-state index is 0.441. The molecule has 1 unspecified atom stereocenters. The first-order valence-corrected chi connectivity index (χ1v) is 7.42. The Labute approximate surface area is 117 Å². The van der Waals surface area contributed by atoms with Gasteiger partial charge in [0.25, 0.3) is 0 Å². The van der Waals surface area contributed by atoms with E-state index in [1.165, 1.54) is 5.56 Å². The second-order valence-corrected chi connectivity index (χ2v) is 5.28. The zero-order valence-electron chi connectivity index (χ0n) is 12.9. The summed E-state index contributed by atoms with van der Waals surface area (Å²) in [5.74, 6) is 0. The Morgan fingerprint density at radius 2 is 1.89 bits per heavy atom. The van der Waals surface area contributed by atoms with Crippen LogP contribution in [0.4, 0.5) is 0 Å². The Bertz CT molecular complexity index is 412. The molecule has 1 aromatic rings. The molecule has 19 heavy (non-hydrogen) atoms. The number of rotatable bonds is 7. The van der Waals surface area contributed by atoms with E-state index in [0.717, 1.165) is 36.8 Å². The maximum atomic E-state index is 11.0. The van der Waals surface area contributed by atoms with Gasteiger partial charge in [-0.25, -0.2) is 0 Å². The number of aldehydes is 1. The van der Waals surface area contributed by atoms with Crippen molar-refractivity contribution in [3.63, 3.8) is 0 Å². The third-order valence-electron chi connectivity index (χ3n) is 3.88. The van der Waals surface area contributed by atoms with Crippen LogP contribution in [0.1, 0.15) is 68.6 Å². The fraction of sp³-hybridized carbons (Fsp3) is 0.588. The molecule has 0 aliphatic rings. The van der Waals surface area contributed by atoms with Gasteiger partial charge in [-0.15, -0.1) is 0 Å². The lowest BCUT2D eigenvalue weighted by Crippen LogP contribution is -2.34. The summed E-state index contributed by atoms with van der Waals surface area (Å²) in [6.45, 7) is 12.1. The highest BCUT2D eigenvalue weighted by atomic mass is 16.1. The van der Waals surface area contributed by atoms with Crippen molar-refractivity contribution in [1.29, 1.82) is 0 Å². The molecule has 1 atom stereocenters. The van der Waals surface area contributed by atoms with Crippen molar-refractivity contribution in [2.75, 3.05) is 6.54 Å². The molecule has 0 saturated heterocycles. The summed E-state index contributed by atoms with van der Waals surface area (Å²) < 4.78 is 0. The first-order valence-electron chi connectivity index (χ1n) is 7.42. The van der Waals surface area contributed by atoms with Crippen LogP contribution in [-0.2, 0) is 6.42 Å². The molecule has 0 radical (unpaired) electrons. The summed E-state index contributed by atoms with van der Waals surface area (Å²) in [4.78, 5) is 13.5. The first kappa shape index (κ1) is 15.9. The molecule has 0 fully saturated rings. The molecule has 1 aromatic carbocycles. The van der Waals surface area contributed by atoms with Gasteiger partial charge >= 0.3 is 0 Å². The highest BCUT2D eigenvalue weighted by Crippen LogP contribution is 2.27. The van der Waals surface area contributed by atoms with Crippen LogP contribution in [0.5, 0.6) is 0 Å². The quantitative estimate of drug-likeness (QED) is 0.684. The third kappa shape index (κ3) is 3.66. The van der Waals surface area contributed by atoms with E-state index in [1.807, 2.05) is 6.07 Å². The van der Waals surface area contributed by atoms with E-state index in [-0.39, 0.29) is 0 Å². The summed E-state index contributed by atoms with van der Waals surface area (Å²) in [6.07, 6.45) is 2.96. The van der Waals surface area contributed by atoms with Crippen molar-refractivity contribution >= 4 is 6.29 Å². The largest absolute Gasteiger partial charge is 0.298 e. The Balaban J connectivity index is 3.14. The summed E-state index contributed by atoms with van der Waals surface area (Å²) in [5, 5.41) is 0. The van der Waals surface area contributed by atoms with Crippen LogP contribution in [0.15, 0.2) is 18.2 Å². The van der Waals surface area contributed by atoms with Crippen molar-refractivity contribution < 1.29 is 4.79 Å². The average molecular weight is 261 g/mol. The van der Waals surface area contributed by atoms with Gasteiger partial charge in [0, 0.05) is 17.6 Å². The maximum absolute atomic E-state index is 11.0. The summed E-state index contributed by atoms with van der Waals surface area (Å²) >= 11 is 0. The van der Waals surface area contributed by atoms with E-state index in [0.29, 0.717) is 12.1 Å². The number of aryl methyl sites for hydroxylation is 1. The highest BCUT2D eigenvalue weighted by Gasteiger charge is 2.20. The van der Waals surface area contributed by atoms with E-state index in [9.17, 15) is 4.79 Å². The lowest BCUT2D eigenvalue weighted by molar-refractivity contribution is 0.112. The van der Waals surface area contributed by atoms with Crippen LogP contribution < -0.4 is 0 Å². The average Bonchev–Trinajstić information content (AvgIpc) is 2.43. The second kappa shape index (κ2) is 7.44. The van der Waals surface area contributed by atoms with E-state index in [1.54, 1.807) is 0 Å². The Hall–Kier alpha value is -1.15. The molecule has 0 aromatic heterocycles. The highest BCUT2D eigenvalue weighted by molar-refractivity contribution is 5.77. The monoisotopic (exact) mass is 261 g/mol. The molecule has 106 valence electrons. The second-order valence-electron chi connectivity index (χ2n) is 5.28. The predicted octanol–water partition coefficient (Wildman–Crippen LogP) is 4.24. The maximum Gasteiger partial charge on any atom is 0.150 e. The number of hydrogen-bond donors (Lipinski definition) is 0. The minimum absolute atomic E-state index is 0.441. The molecule has 0 aliphatic carbocycles. The number of carbonyl (C=O) groups excluding carboxylic acids is 1. The van der Waals surface area contributed by atoms with Gasteiger partial charge in [-0.05, 0) is 44.4 Å². The van der Waals surface area contributed by atoms with Crippen LogP contribution in [0.3, 0.4) is 0 Å². The van der Waals surface area contributed by atoms with E-state index >= 15 is 0 Å². The Kier molecular flexibility index (Phi) is 6.23. The predicted molar refractivity (Wildman–Crippen MR) is 81.8 cm³/mol. The zero-order chi connectivity index (χ0) is 14.4. The molecule has 0 bridgehead atoms. The van der Waals surface area contributed by atoms with Crippen molar-refractivity contribution in [3.8, 4) is 0 Å². The topological polar surface area (TPSA) is 20.3 Å². The minimum Gasteiger partial charge on any atom is -0.298 e. The number of hydrogen-bond acceptors (Lipinski definition) is 2. The Morgan fingerprint density at radius 3 is 2.32 bits per heavy atom. The van der Waals surface area contributed by atoms with Gasteiger partial charge < -0.3 is 0 Å². The molecule has 0 saturated carbocycles. The van der Waals surface area contributed by atoms with E-state index in [4.69, 9.17) is 0 Å². The van der Waals surface area contributed by atoms with Crippen molar-refractivity contribution in [1.82, 2.24) is 4.90 Å². The van der Waals surface area contributed by atoms with Crippen molar-refractivity contribution in [2.24, 2.45) is 0 Å². The van der Waals surface area contributed by atoms with Crippen molar-refractivity contribution in [3.05, 3.63) is 34.9 Å². The summed E-state index contributed by atoms with van der Waals surface area (Å²) in [7, 11) is 0. The summed E-state index contributed by atoms with van der Waals surface area (Å²) in [5.41, 5.74) is 3.32. The number of carbonyl (C=O) groups is 1. The molecule has 2 nitrogen and oxygen atoms in total. The van der Waals surface area contributed by atoms with Crippen LogP contribution >= 0.6 is 0 Å². The Morgan fingerprint density at radius 1 is 1.21 bits per heavy atom. The SMILES string of the molecule is CCc1cc(C(CC)N(CC)C(C)C)ccc1C=O. The van der Waals surface area contributed by atoms with Gasteiger partial charge in [-0.3, -0.25) is 9.69 Å². The lowest BCUT2D eigenvalue weighted by atomic mass is 9.95. The van der Waals surface area contributed by atoms with Gasteiger partial charge in [0.15, 0.2) is 0 Å². The van der Waals surface area contributed by atoms with Crippen LogP contribution in [0.2, 0.25) is 0 Å². The molecule has 0 heterocycles. The van der Waals surface area contributed by atoms with Crippen LogP contribution in [-0.4, -0.2) is 23.8 Å².